The second-order valence-corrected chi connectivity index (χ2v) is 6.73. The van der Waals surface area contributed by atoms with E-state index < -0.39 is 9.84 Å². The van der Waals surface area contributed by atoms with Gasteiger partial charge in [0, 0.05) is 11.2 Å². The van der Waals surface area contributed by atoms with E-state index in [1.54, 1.807) is 11.3 Å². The molecule has 0 amide bonds. The number of hydrogen-bond acceptors (Lipinski definition) is 4. The molecule has 2 rings (SSSR count). The van der Waals surface area contributed by atoms with E-state index in [-0.39, 0.29) is 18.1 Å². The second kappa shape index (κ2) is 4.53. The summed E-state index contributed by atoms with van der Waals surface area (Å²) in [5.74, 6) is 0.144. The third-order valence-electron chi connectivity index (χ3n) is 2.37. The molecule has 0 atom stereocenters. The molecule has 86 valence electrons. The number of sulfone groups is 1. The minimum atomic E-state index is -3.06. The average Bonchev–Trinajstić information content (AvgIpc) is 2.61. The van der Waals surface area contributed by atoms with Crippen LogP contribution in [0.3, 0.4) is 0 Å². The number of benzene rings is 1. The second-order valence-electron chi connectivity index (χ2n) is 3.64. The molecule has 0 bridgehead atoms. The first-order valence-electron chi connectivity index (χ1n) is 4.98. The molecule has 1 aromatic carbocycles. The molecule has 0 radical (unpaired) electrons. The number of thiophene rings is 1. The van der Waals surface area contributed by atoms with Crippen molar-refractivity contribution in [3.63, 3.8) is 0 Å². The van der Waals surface area contributed by atoms with Crippen molar-refractivity contribution < 1.29 is 8.42 Å². The lowest BCUT2D eigenvalue weighted by Gasteiger charge is -2.01. The Labute approximate surface area is 98.8 Å². The van der Waals surface area contributed by atoms with Crippen LogP contribution >= 0.6 is 11.3 Å². The van der Waals surface area contributed by atoms with Crippen molar-refractivity contribution >= 4 is 31.3 Å². The van der Waals surface area contributed by atoms with E-state index in [1.165, 1.54) is 0 Å². The lowest BCUT2D eigenvalue weighted by atomic mass is 10.2. The van der Waals surface area contributed by atoms with Crippen LogP contribution in [0.5, 0.6) is 0 Å². The third-order valence-corrected chi connectivity index (χ3v) is 4.99. The quantitative estimate of drug-likeness (QED) is 0.906. The molecule has 16 heavy (non-hydrogen) atoms. The summed E-state index contributed by atoms with van der Waals surface area (Å²) in [7, 11) is -3.06. The highest BCUT2D eigenvalue weighted by Gasteiger charge is 2.13. The van der Waals surface area contributed by atoms with Crippen LogP contribution in [0.4, 0.5) is 0 Å². The third kappa shape index (κ3) is 2.42. The van der Waals surface area contributed by atoms with E-state index in [1.807, 2.05) is 29.6 Å². The van der Waals surface area contributed by atoms with Gasteiger partial charge < -0.3 is 5.73 Å². The van der Waals surface area contributed by atoms with Crippen molar-refractivity contribution in [3.05, 3.63) is 35.2 Å². The summed E-state index contributed by atoms with van der Waals surface area (Å²) < 4.78 is 24.5. The Hall–Kier alpha value is -0.910. The average molecular weight is 255 g/mol. The lowest BCUT2D eigenvalue weighted by molar-refractivity contribution is 0.595. The fourth-order valence-electron chi connectivity index (χ4n) is 1.63. The highest BCUT2D eigenvalue weighted by molar-refractivity contribution is 7.90. The van der Waals surface area contributed by atoms with Crippen LogP contribution in [0.2, 0.25) is 0 Å². The van der Waals surface area contributed by atoms with Crippen molar-refractivity contribution in [1.29, 1.82) is 0 Å². The summed E-state index contributed by atoms with van der Waals surface area (Å²) in [6.07, 6.45) is 0. The van der Waals surface area contributed by atoms with Crippen LogP contribution in [-0.2, 0) is 15.6 Å². The van der Waals surface area contributed by atoms with E-state index >= 15 is 0 Å². The van der Waals surface area contributed by atoms with Gasteiger partial charge in [0.1, 0.15) is 0 Å². The standard InChI is InChI=1S/C11H13NO2S2/c12-5-6-16(13,14)8-9-7-15-11-4-2-1-3-10(9)11/h1-4,7H,5-6,8,12H2. The number of fused-ring (bicyclic) bond motifs is 1. The zero-order chi connectivity index (χ0) is 11.6. The van der Waals surface area contributed by atoms with Crippen molar-refractivity contribution in [2.75, 3.05) is 12.3 Å². The molecule has 0 saturated carbocycles. The van der Waals surface area contributed by atoms with Gasteiger partial charge in [-0.1, -0.05) is 18.2 Å². The molecule has 0 aliphatic rings. The van der Waals surface area contributed by atoms with Gasteiger partial charge in [0.05, 0.1) is 11.5 Å². The van der Waals surface area contributed by atoms with Crippen LogP contribution < -0.4 is 5.73 Å². The van der Waals surface area contributed by atoms with Gasteiger partial charge in [-0.3, -0.25) is 0 Å². The molecule has 0 spiro atoms. The fourth-order valence-corrected chi connectivity index (χ4v) is 3.92. The molecule has 0 unspecified atom stereocenters. The molecule has 3 nitrogen and oxygen atoms in total. The van der Waals surface area contributed by atoms with E-state index in [2.05, 4.69) is 0 Å². The highest BCUT2D eigenvalue weighted by Crippen LogP contribution is 2.27. The summed E-state index contributed by atoms with van der Waals surface area (Å²) in [6, 6.07) is 7.84. The lowest BCUT2D eigenvalue weighted by Crippen LogP contribution is -2.17. The van der Waals surface area contributed by atoms with Crippen LogP contribution in [-0.4, -0.2) is 20.7 Å². The van der Waals surface area contributed by atoms with Gasteiger partial charge in [0.25, 0.3) is 0 Å². The van der Waals surface area contributed by atoms with Gasteiger partial charge in [0.15, 0.2) is 9.84 Å². The summed E-state index contributed by atoms with van der Waals surface area (Å²) in [5, 5.41) is 2.95. The number of hydrogen-bond donors (Lipinski definition) is 1. The van der Waals surface area contributed by atoms with Crippen LogP contribution in [0.1, 0.15) is 5.56 Å². The SMILES string of the molecule is NCCS(=O)(=O)Cc1csc2ccccc12. The normalized spacial score (nSPS) is 12.1. The van der Waals surface area contributed by atoms with E-state index in [0.29, 0.717) is 0 Å². The molecule has 2 N–H and O–H groups in total. The van der Waals surface area contributed by atoms with Gasteiger partial charge in [0.2, 0.25) is 0 Å². The van der Waals surface area contributed by atoms with Gasteiger partial charge in [-0.25, -0.2) is 8.42 Å². The van der Waals surface area contributed by atoms with E-state index in [0.717, 1.165) is 15.6 Å². The van der Waals surface area contributed by atoms with Crippen molar-refractivity contribution in [2.24, 2.45) is 5.73 Å². The van der Waals surface area contributed by atoms with E-state index in [9.17, 15) is 8.42 Å². The molecule has 2 aromatic rings. The molecule has 0 aliphatic carbocycles. The minimum Gasteiger partial charge on any atom is -0.329 e. The smallest absolute Gasteiger partial charge is 0.155 e. The van der Waals surface area contributed by atoms with Crippen molar-refractivity contribution in [1.82, 2.24) is 0 Å². The molecule has 1 aromatic heterocycles. The van der Waals surface area contributed by atoms with Gasteiger partial charge in [-0.2, -0.15) is 0 Å². The van der Waals surface area contributed by atoms with E-state index in [4.69, 9.17) is 5.73 Å². The Morgan fingerprint density at radius 3 is 2.75 bits per heavy atom. The Morgan fingerprint density at radius 2 is 2.00 bits per heavy atom. The predicted molar refractivity (Wildman–Crippen MR) is 68.4 cm³/mol. The largest absolute Gasteiger partial charge is 0.329 e. The molecular formula is C11H13NO2S2. The first-order chi connectivity index (χ1) is 7.62. The van der Waals surface area contributed by atoms with Crippen LogP contribution in [0, 0.1) is 0 Å². The minimum absolute atomic E-state index is 0.0528. The summed E-state index contributed by atoms with van der Waals surface area (Å²) in [5.41, 5.74) is 6.16. The zero-order valence-corrected chi connectivity index (χ0v) is 10.4. The molecule has 1 heterocycles. The maximum Gasteiger partial charge on any atom is 0.155 e. The zero-order valence-electron chi connectivity index (χ0n) is 8.72. The Balaban J connectivity index is 2.35. The van der Waals surface area contributed by atoms with Gasteiger partial charge in [-0.05, 0) is 22.4 Å². The monoisotopic (exact) mass is 255 g/mol. The summed E-state index contributed by atoms with van der Waals surface area (Å²) in [4.78, 5) is 0. The maximum absolute atomic E-state index is 11.7. The first-order valence-corrected chi connectivity index (χ1v) is 7.68. The van der Waals surface area contributed by atoms with Crippen molar-refractivity contribution in [3.8, 4) is 0 Å². The van der Waals surface area contributed by atoms with Gasteiger partial charge in [-0.15, -0.1) is 11.3 Å². The predicted octanol–water partition coefficient (Wildman–Crippen LogP) is 1.77. The maximum atomic E-state index is 11.7. The molecule has 0 fully saturated rings. The fraction of sp³-hybridized carbons (Fsp3) is 0.273. The topological polar surface area (TPSA) is 60.2 Å². The van der Waals surface area contributed by atoms with Crippen molar-refractivity contribution in [2.45, 2.75) is 5.75 Å². The first kappa shape index (κ1) is 11.6. The molecule has 5 heteroatoms. The Morgan fingerprint density at radius 1 is 1.25 bits per heavy atom. The van der Waals surface area contributed by atoms with Crippen LogP contribution in [0.15, 0.2) is 29.6 Å². The summed E-state index contributed by atoms with van der Waals surface area (Å²) >= 11 is 1.58. The Bertz CT molecular complexity index is 587. The Kier molecular flexibility index (Phi) is 3.28. The van der Waals surface area contributed by atoms with Crippen LogP contribution in [0.25, 0.3) is 10.1 Å². The van der Waals surface area contributed by atoms with Gasteiger partial charge >= 0.3 is 0 Å². The highest BCUT2D eigenvalue weighted by atomic mass is 32.2. The number of rotatable bonds is 4. The molecular weight excluding hydrogens is 242 g/mol. The number of nitrogens with two attached hydrogens (primary N) is 1. The molecule has 0 aliphatic heterocycles. The molecule has 0 saturated heterocycles. The summed E-state index contributed by atoms with van der Waals surface area (Å²) in [6.45, 7) is 0.185.